The van der Waals surface area contributed by atoms with E-state index in [-0.39, 0.29) is 6.71 Å². The lowest BCUT2D eigenvalue weighted by Crippen LogP contribution is -2.48. The summed E-state index contributed by atoms with van der Waals surface area (Å²) >= 11 is 0. The lowest BCUT2D eigenvalue weighted by atomic mass is 9.39. The minimum absolute atomic E-state index is 0.222. The maximum Gasteiger partial charge on any atom is 0.242 e. The summed E-state index contributed by atoms with van der Waals surface area (Å²) in [6.45, 7) is 4.64. The summed E-state index contributed by atoms with van der Waals surface area (Å²) in [6, 6.07) is 60.3. The number of hydrogen-bond donors (Lipinski definition) is 0. The maximum atomic E-state index is 2.42. The summed E-state index contributed by atoms with van der Waals surface area (Å²) in [4.78, 5) is 0. The number of benzene rings is 7. The van der Waals surface area contributed by atoms with Crippen LogP contribution in [0.3, 0.4) is 0 Å². The Morgan fingerprint density at radius 1 is 0.311 bits per heavy atom. The van der Waals surface area contributed by atoms with Crippen LogP contribution in [0, 0.1) is 13.8 Å². The minimum Gasteiger partial charge on any atom is -0.0686 e. The average molecular weight is 573 g/mol. The van der Waals surface area contributed by atoms with Gasteiger partial charge in [-0.2, -0.15) is 0 Å². The van der Waals surface area contributed by atoms with Gasteiger partial charge < -0.3 is 0 Å². The molecule has 0 nitrogen and oxygen atoms in total. The van der Waals surface area contributed by atoms with Crippen LogP contribution in [-0.4, -0.2) is 6.71 Å². The summed E-state index contributed by atoms with van der Waals surface area (Å²) in [5.74, 6) is 0. The monoisotopic (exact) mass is 572 g/mol. The zero-order chi connectivity index (χ0) is 30.3. The zero-order valence-electron chi connectivity index (χ0n) is 25.7. The molecule has 1 heterocycles. The summed E-state index contributed by atoms with van der Waals surface area (Å²) in [7, 11) is 0. The Morgan fingerprint density at radius 3 is 1.44 bits per heavy atom. The molecule has 1 aliphatic heterocycles. The first-order valence-electron chi connectivity index (χ1n) is 15.8. The van der Waals surface area contributed by atoms with Gasteiger partial charge in [0.2, 0.25) is 6.71 Å². The molecule has 212 valence electrons. The molecule has 7 aromatic rings. The fourth-order valence-corrected chi connectivity index (χ4v) is 7.14. The Kier molecular flexibility index (Phi) is 6.80. The molecule has 0 amide bonds. The molecule has 8 rings (SSSR count). The first-order chi connectivity index (χ1) is 22.1. The van der Waals surface area contributed by atoms with E-state index in [2.05, 4.69) is 178 Å². The van der Waals surface area contributed by atoms with E-state index >= 15 is 0 Å². The first-order valence-corrected chi connectivity index (χ1v) is 15.8. The highest BCUT2D eigenvalue weighted by Gasteiger charge is 2.33. The molecule has 45 heavy (non-hydrogen) atoms. The van der Waals surface area contributed by atoms with Crippen molar-refractivity contribution in [2.24, 2.45) is 0 Å². The van der Waals surface area contributed by atoms with Crippen LogP contribution in [0.4, 0.5) is 0 Å². The zero-order valence-corrected chi connectivity index (χ0v) is 25.7. The van der Waals surface area contributed by atoms with Gasteiger partial charge in [0.05, 0.1) is 0 Å². The van der Waals surface area contributed by atoms with Crippen LogP contribution in [0.5, 0.6) is 0 Å². The van der Waals surface area contributed by atoms with Crippen LogP contribution in [0.1, 0.15) is 11.1 Å². The fourth-order valence-electron chi connectivity index (χ4n) is 7.14. The molecule has 0 saturated carbocycles. The Bertz CT molecular complexity index is 2180. The van der Waals surface area contributed by atoms with Crippen LogP contribution in [0.25, 0.3) is 55.6 Å². The van der Waals surface area contributed by atoms with E-state index in [4.69, 9.17) is 0 Å². The number of aryl methyl sites for hydroxylation is 2. The first kappa shape index (κ1) is 27.2. The summed E-state index contributed by atoms with van der Waals surface area (Å²) in [5, 5.41) is 0. The molecule has 0 aliphatic carbocycles. The lowest BCUT2D eigenvalue weighted by molar-refractivity contribution is 1.41. The van der Waals surface area contributed by atoms with Crippen molar-refractivity contribution in [1.29, 1.82) is 0 Å². The standard InChI is InChI=1S/C44H33B/c1-30-12-9-10-19-39(30)40-23-20-35(26-31(40)2)37-22-25-44-42(29-37)41-28-36(21-24-43(41)45(44)38-17-7-4-8-18-38)34-16-11-15-33(27-34)32-13-5-3-6-14-32/h3-29H,1-2H3. The van der Waals surface area contributed by atoms with Gasteiger partial charge in [-0.1, -0.05) is 162 Å². The van der Waals surface area contributed by atoms with E-state index in [0.29, 0.717) is 0 Å². The van der Waals surface area contributed by atoms with Crippen LogP contribution in [0.15, 0.2) is 164 Å². The van der Waals surface area contributed by atoms with Gasteiger partial charge in [0.1, 0.15) is 0 Å². The molecule has 0 saturated heterocycles. The van der Waals surface area contributed by atoms with E-state index in [1.807, 2.05) is 0 Å². The predicted molar refractivity (Wildman–Crippen MR) is 194 cm³/mol. The van der Waals surface area contributed by atoms with Gasteiger partial charge in [0, 0.05) is 0 Å². The van der Waals surface area contributed by atoms with E-state index in [0.717, 1.165) is 0 Å². The highest BCUT2D eigenvalue weighted by atomic mass is 14.2. The predicted octanol–water partition coefficient (Wildman–Crippen LogP) is 9.47. The second-order valence-electron chi connectivity index (χ2n) is 12.2. The fraction of sp³-hybridized carbons (Fsp3) is 0.0455. The van der Waals surface area contributed by atoms with Crippen molar-refractivity contribution in [2.75, 3.05) is 0 Å². The number of hydrogen-bond acceptors (Lipinski definition) is 0. The molecule has 0 bridgehead atoms. The third kappa shape index (κ3) is 4.91. The second kappa shape index (κ2) is 11.3. The van der Waals surface area contributed by atoms with E-state index in [1.54, 1.807) is 0 Å². The molecule has 1 aliphatic rings. The Labute approximate surface area is 266 Å². The Hall–Kier alpha value is -5.40. The van der Waals surface area contributed by atoms with Crippen molar-refractivity contribution in [1.82, 2.24) is 0 Å². The molecule has 0 N–H and O–H groups in total. The van der Waals surface area contributed by atoms with Gasteiger partial charge in [-0.25, -0.2) is 0 Å². The van der Waals surface area contributed by atoms with Crippen LogP contribution in [-0.2, 0) is 0 Å². The van der Waals surface area contributed by atoms with Crippen molar-refractivity contribution in [3.8, 4) is 55.6 Å². The lowest BCUT2D eigenvalue weighted by Gasteiger charge is -2.13. The molecule has 0 aromatic heterocycles. The summed E-state index contributed by atoms with van der Waals surface area (Å²) in [5.41, 5.74) is 19.4. The van der Waals surface area contributed by atoms with E-state index < -0.39 is 0 Å². The topological polar surface area (TPSA) is 0 Å². The molecular weight excluding hydrogens is 539 g/mol. The number of rotatable bonds is 5. The van der Waals surface area contributed by atoms with Crippen LogP contribution < -0.4 is 16.4 Å². The van der Waals surface area contributed by atoms with Gasteiger partial charge in [0.15, 0.2) is 0 Å². The third-order valence-corrected chi connectivity index (χ3v) is 9.45. The quantitative estimate of drug-likeness (QED) is 0.180. The van der Waals surface area contributed by atoms with E-state index in [1.165, 1.54) is 83.1 Å². The van der Waals surface area contributed by atoms with E-state index in [9.17, 15) is 0 Å². The molecule has 0 radical (unpaired) electrons. The maximum absolute atomic E-state index is 2.42. The summed E-state index contributed by atoms with van der Waals surface area (Å²) in [6.07, 6.45) is 0. The van der Waals surface area contributed by atoms with Crippen LogP contribution in [0.2, 0.25) is 0 Å². The highest BCUT2D eigenvalue weighted by Crippen LogP contribution is 2.35. The summed E-state index contributed by atoms with van der Waals surface area (Å²) < 4.78 is 0. The molecule has 1 heteroatoms. The van der Waals surface area contributed by atoms with Crippen molar-refractivity contribution in [2.45, 2.75) is 13.8 Å². The second-order valence-corrected chi connectivity index (χ2v) is 12.2. The van der Waals surface area contributed by atoms with Crippen LogP contribution >= 0.6 is 0 Å². The van der Waals surface area contributed by atoms with Crippen molar-refractivity contribution in [3.05, 3.63) is 175 Å². The average Bonchev–Trinajstić information content (AvgIpc) is 3.42. The number of fused-ring (bicyclic) bond motifs is 3. The molecule has 0 spiro atoms. The smallest absolute Gasteiger partial charge is 0.0686 e. The SMILES string of the molecule is Cc1ccccc1-c1ccc(-c2ccc3c(c2)-c2cc(-c4cccc(-c5ccccc5)c4)ccc2B3c2ccccc2)cc1C. The third-order valence-electron chi connectivity index (χ3n) is 9.45. The van der Waals surface area contributed by atoms with Gasteiger partial charge in [-0.3, -0.25) is 0 Å². The minimum atomic E-state index is 0.222. The van der Waals surface area contributed by atoms with Gasteiger partial charge in [-0.05, 0) is 98.8 Å². The molecule has 0 fully saturated rings. The Balaban J connectivity index is 1.24. The molecule has 0 unspecified atom stereocenters. The van der Waals surface area contributed by atoms with Crippen molar-refractivity contribution < 1.29 is 0 Å². The van der Waals surface area contributed by atoms with Gasteiger partial charge in [0.25, 0.3) is 0 Å². The molecule has 0 atom stereocenters. The molecular formula is C44H33B. The molecule has 7 aromatic carbocycles. The Morgan fingerprint density at radius 2 is 0.800 bits per heavy atom. The van der Waals surface area contributed by atoms with Gasteiger partial charge in [-0.15, -0.1) is 0 Å². The highest BCUT2D eigenvalue weighted by molar-refractivity contribution is 6.99. The van der Waals surface area contributed by atoms with Crippen molar-refractivity contribution in [3.63, 3.8) is 0 Å². The van der Waals surface area contributed by atoms with Crippen molar-refractivity contribution >= 4 is 23.1 Å². The van der Waals surface area contributed by atoms with Gasteiger partial charge >= 0.3 is 0 Å². The largest absolute Gasteiger partial charge is 0.242 e. The normalized spacial score (nSPS) is 11.7.